The predicted molar refractivity (Wildman–Crippen MR) is 149 cm³/mol. The molecule has 2 amide bonds. The maximum Gasteiger partial charge on any atom is 0.342 e. The van der Waals surface area contributed by atoms with Crippen molar-refractivity contribution in [3.63, 3.8) is 0 Å². The number of hydrogen-bond acceptors (Lipinski definition) is 8. The van der Waals surface area contributed by atoms with Crippen molar-refractivity contribution in [1.29, 1.82) is 0 Å². The van der Waals surface area contributed by atoms with E-state index >= 15 is 0 Å². The van der Waals surface area contributed by atoms with Gasteiger partial charge in [0.25, 0.3) is 11.8 Å². The van der Waals surface area contributed by atoms with Gasteiger partial charge in [-0.15, -0.1) is 0 Å². The van der Waals surface area contributed by atoms with Gasteiger partial charge in [-0.05, 0) is 63.9 Å². The molecule has 216 valence electrons. The van der Waals surface area contributed by atoms with Gasteiger partial charge in [-0.25, -0.2) is 4.98 Å². The standard InChI is InChI=1S/C28H37F2N7O3/c1-35-14-6-9-19(35)12-13-31-25(38)18-10-11-21(23(15-18)40-3)33-27-32-16-22-24(34-27)37(20-7-4-5-8-20)17-28(29,30)26(39)36(22)2/h10-11,15-16,19-20H,4-9,12-14,17H2,1-3H3,(H,31,38)(H,32,33,34). The van der Waals surface area contributed by atoms with Gasteiger partial charge >= 0.3 is 5.92 Å². The monoisotopic (exact) mass is 557 g/mol. The SMILES string of the molecule is COc1cc(C(=O)NCCC2CCCN2C)ccc1Nc1ncc2c(n1)N(C1CCCC1)CC(F)(F)C(=O)N2C. The highest BCUT2D eigenvalue weighted by Gasteiger charge is 2.48. The lowest BCUT2D eigenvalue weighted by atomic mass is 10.1. The fraction of sp³-hybridized carbons (Fsp3) is 0.571. The summed E-state index contributed by atoms with van der Waals surface area (Å²) >= 11 is 0. The Morgan fingerprint density at radius 1 is 1.18 bits per heavy atom. The summed E-state index contributed by atoms with van der Waals surface area (Å²) in [5, 5.41) is 6.09. The third-order valence-electron chi connectivity index (χ3n) is 8.28. The minimum Gasteiger partial charge on any atom is -0.495 e. The van der Waals surface area contributed by atoms with E-state index in [9.17, 15) is 18.4 Å². The Morgan fingerprint density at radius 3 is 2.65 bits per heavy atom. The number of amides is 2. The molecular weight excluding hydrogens is 520 g/mol. The fourth-order valence-corrected chi connectivity index (χ4v) is 5.96. The van der Waals surface area contributed by atoms with E-state index in [1.807, 2.05) is 0 Å². The summed E-state index contributed by atoms with van der Waals surface area (Å²) in [6, 6.07) is 5.39. The second-order valence-corrected chi connectivity index (χ2v) is 10.9. The van der Waals surface area contributed by atoms with Crippen molar-refractivity contribution < 1.29 is 23.1 Å². The first-order chi connectivity index (χ1) is 19.2. The van der Waals surface area contributed by atoms with Crippen LogP contribution in [0.15, 0.2) is 24.4 Å². The summed E-state index contributed by atoms with van der Waals surface area (Å²) in [4.78, 5) is 39.0. The zero-order valence-corrected chi connectivity index (χ0v) is 23.3. The second-order valence-electron chi connectivity index (χ2n) is 10.9. The number of hydrogen-bond donors (Lipinski definition) is 2. The van der Waals surface area contributed by atoms with E-state index in [0.717, 1.165) is 50.0 Å². The molecule has 5 rings (SSSR count). The smallest absolute Gasteiger partial charge is 0.342 e. The van der Waals surface area contributed by atoms with Crippen LogP contribution in [0, 0.1) is 0 Å². The highest BCUT2D eigenvalue weighted by Crippen LogP contribution is 2.40. The molecule has 10 nitrogen and oxygen atoms in total. The van der Waals surface area contributed by atoms with E-state index in [4.69, 9.17) is 4.74 Å². The molecule has 3 heterocycles. The summed E-state index contributed by atoms with van der Waals surface area (Å²) in [5.41, 5.74) is 1.21. The van der Waals surface area contributed by atoms with Crippen LogP contribution >= 0.6 is 0 Å². The minimum atomic E-state index is -3.54. The van der Waals surface area contributed by atoms with Gasteiger partial charge in [0.05, 0.1) is 25.5 Å². The van der Waals surface area contributed by atoms with Crippen LogP contribution in [0.5, 0.6) is 5.75 Å². The molecule has 1 aliphatic carbocycles. The lowest BCUT2D eigenvalue weighted by Gasteiger charge is -2.31. The molecule has 40 heavy (non-hydrogen) atoms. The molecule has 1 unspecified atom stereocenters. The quantitative estimate of drug-likeness (QED) is 0.505. The molecule has 2 aliphatic heterocycles. The zero-order chi connectivity index (χ0) is 28.4. The van der Waals surface area contributed by atoms with Crippen molar-refractivity contribution >= 4 is 35.0 Å². The average Bonchev–Trinajstić information content (AvgIpc) is 3.62. The second kappa shape index (κ2) is 11.5. The molecule has 2 fully saturated rings. The van der Waals surface area contributed by atoms with E-state index in [2.05, 4.69) is 32.5 Å². The average molecular weight is 558 g/mol. The Hall–Kier alpha value is -3.54. The highest BCUT2D eigenvalue weighted by molar-refractivity contribution is 6.02. The Bertz CT molecular complexity index is 1250. The summed E-state index contributed by atoms with van der Waals surface area (Å²) in [6.07, 6.45) is 8.03. The molecule has 0 radical (unpaired) electrons. The molecule has 2 N–H and O–H groups in total. The summed E-state index contributed by atoms with van der Waals surface area (Å²) in [7, 11) is 4.94. The molecule has 1 aromatic heterocycles. The summed E-state index contributed by atoms with van der Waals surface area (Å²) < 4.78 is 35.2. The Balaban J connectivity index is 1.34. The normalized spacial score (nSPS) is 21.3. The molecular formula is C28H37F2N7O3. The van der Waals surface area contributed by atoms with Crippen molar-refractivity contribution in [2.45, 2.75) is 63.0 Å². The number of anilines is 4. The molecule has 1 atom stereocenters. The minimum absolute atomic E-state index is 0.131. The number of carbonyl (C=O) groups excluding carboxylic acids is 2. The van der Waals surface area contributed by atoms with Gasteiger partial charge in [0, 0.05) is 31.2 Å². The van der Waals surface area contributed by atoms with Crippen LogP contribution in [0.1, 0.15) is 55.3 Å². The topological polar surface area (TPSA) is 103 Å². The first-order valence-electron chi connectivity index (χ1n) is 13.9. The first kappa shape index (κ1) is 28.0. The number of aromatic nitrogens is 2. The van der Waals surface area contributed by atoms with Crippen LogP contribution in [0.4, 0.5) is 31.9 Å². The Labute approximate surface area is 233 Å². The van der Waals surface area contributed by atoms with Crippen LogP contribution in [-0.4, -0.2) is 85.5 Å². The fourth-order valence-electron chi connectivity index (χ4n) is 5.96. The van der Waals surface area contributed by atoms with E-state index in [0.29, 0.717) is 35.4 Å². The van der Waals surface area contributed by atoms with Crippen molar-refractivity contribution in [1.82, 2.24) is 20.2 Å². The first-order valence-corrected chi connectivity index (χ1v) is 13.9. The number of nitrogens with one attached hydrogen (secondary N) is 2. The number of halogens is 2. The van der Waals surface area contributed by atoms with Gasteiger partial charge in [0.1, 0.15) is 11.4 Å². The molecule has 1 saturated carbocycles. The highest BCUT2D eigenvalue weighted by atomic mass is 19.3. The number of rotatable bonds is 8. The maximum atomic E-state index is 14.9. The van der Waals surface area contributed by atoms with Gasteiger partial charge < -0.3 is 30.1 Å². The van der Waals surface area contributed by atoms with Crippen LogP contribution in [0.25, 0.3) is 0 Å². The molecule has 0 spiro atoms. The Kier molecular flexibility index (Phi) is 8.07. The van der Waals surface area contributed by atoms with Crippen molar-refractivity contribution in [2.24, 2.45) is 0 Å². The molecule has 12 heteroatoms. The number of alkyl halides is 2. The molecule has 2 aromatic rings. The predicted octanol–water partition coefficient (Wildman–Crippen LogP) is 3.80. The van der Waals surface area contributed by atoms with E-state index in [1.54, 1.807) is 23.1 Å². The van der Waals surface area contributed by atoms with Crippen LogP contribution in [-0.2, 0) is 4.79 Å². The summed E-state index contributed by atoms with van der Waals surface area (Å²) in [6.45, 7) is 0.958. The van der Waals surface area contributed by atoms with Gasteiger partial charge in [-0.3, -0.25) is 9.59 Å². The number of likely N-dealkylation sites (tertiary alicyclic amines) is 1. The van der Waals surface area contributed by atoms with Gasteiger partial charge in [-0.1, -0.05) is 12.8 Å². The number of benzene rings is 1. The molecule has 1 saturated heterocycles. The largest absolute Gasteiger partial charge is 0.495 e. The molecule has 0 bridgehead atoms. The van der Waals surface area contributed by atoms with Gasteiger partial charge in [0.2, 0.25) is 5.95 Å². The van der Waals surface area contributed by atoms with Gasteiger partial charge in [-0.2, -0.15) is 13.8 Å². The van der Waals surface area contributed by atoms with Crippen LogP contribution in [0.3, 0.4) is 0 Å². The summed E-state index contributed by atoms with van der Waals surface area (Å²) in [5.74, 6) is -4.13. The number of nitrogens with zero attached hydrogens (tertiary/aromatic N) is 5. The third kappa shape index (κ3) is 5.67. The van der Waals surface area contributed by atoms with E-state index < -0.39 is 18.4 Å². The lowest BCUT2D eigenvalue weighted by Crippen LogP contribution is -2.48. The third-order valence-corrected chi connectivity index (χ3v) is 8.28. The van der Waals surface area contributed by atoms with E-state index in [1.165, 1.54) is 26.8 Å². The maximum absolute atomic E-state index is 14.9. The van der Waals surface area contributed by atoms with Crippen LogP contribution in [0.2, 0.25) is 0 Å². The van der Waals surface area contributed by atoms with E-state index in [-0.39, 0.29) is 23.6 Å². The number of ether oxygens (including phenoxy) is 1. The van der Waals surface area contributed by atoms with Crippen LogP contribution < -0.4 is 25.2 Å². The number of methoxy groups -OCH3 is 1. The number of carbonyl (C=O) groups is 2. The van der Waals surface area contributed by atoms with Gasteiger partial charge in [0.15, 0.2) is 5.82 Å². The van der Waals surface area contributed by atoms with Crippen molar-refractivity contribution in [3.05, 3.63) is 30.0 Å². The number of fused-ring (bicyclic) bond motifs is 1. The van der Waals surface area contributed by atoms with Crippen molar-refractivity contribution in [2.75, 3.05) is 56.0 Å². The molecule has 3 aliphatic rings. The Morgan fingerprint density at radius 2 is 1.95 bits per heavy atom. The lowest BCUT2D eigenvalue weighted by molar-refractivity contribution is -0.140. The molecule has 1 aromatic carbocycles. The zero-order valence-electron chi connectivity index (χ0n) is 23.3. The van der Waals surface area contributed by atoms with Crippen molar-refractivity contribution in [3.8, 4) is 5.75 Å².